The summed E-state index contributed by atoms with van der Waals surface area (Å²) >= 11 is 3.47. The Morgan fingerprint density at radius 3 is 2.91 bits per heavy atom. The van der Waals surface area contributed by atoms with Gasteiger partial charge in [0.1, 0.15) is 5.75 Å². The van der Waals surface area contributed by atoms with Crippen molar-refractivity contribution in [1.29, 1.82) is 0 Å². The molecule has 1 fully saturated rings. The van der Waals surface area contributed by atoms with E-state index in [0.29, 0.717) is 11.5 Å². The number of nitrogens with zero attached hydrogens (tertiary/aromatic N) is 1. The molecule has 1 aromatic carbocycles. The van der Waals surface area contributed by atoms with Gasteiger partial charge in [-0.15, -0.1) is 0 Å². The molecule has 0 bridgehead atoms. The molecule has 1 aromatic rings. The van der Waals surface area contributed by atoms with Gasteiger partial charge in [0, 0.05) is 23.1 Å². The minimum atomic E-state index is 0.0900. The van der Waals surface area contributed by atoms with Crippen molar-refractivity contribution in [2.24, 2.45) is 5.92 Å². The highest BCUT2D eigenvalue weighted by atomic mass is 79.9. The lowest BCUT2D eigenvalue weighted by Gasteiger charge is -2.33. The molecule has 1 amide bonds. The predicted molar refractivity (Wildman–Crippen MR) is 92.5 cm³/mol. The Balaban J connectivity index is 2.12. The number of carbonyl (C=O) groups excluding carboxylic acids is 1. The van der Waals surface area contributed by atoms with Gasteiger partial charge in [0.15, 0.2) is 0 Å². The van der Waals surface area contributed by atoms with Crippen LogP contribution in [0.4, 0.5) is 0 Å². The summed E-state index contributed by atoms with van der Waals surface area (Å²) < 4.78 is 6.60. The molecule has 122 valence electrons. The van der Waals surface area contributed by atoms with Crippen molar-refractivity contribution in [3.63, 3.8) is 0 Å². The fraction of sp³-hybridized carbons (Fsp3) is 0.588. The third kappa shape index (κ3) is 4.71. The molecule has 0 radical (unpaired) electrons. The Hall–Kier alpha value is -1.07. The first-order valence-electron chi connectivity index (χ1n) is 7.90. The quantitative estimate of drug-likeness (QED) is 0.866. The Morgan fingerprint density at radius 1 is 1.45 bits per heavy atom. The maximum atomic E-state index is 12.8. The number of halogens is 1. The number of ether oxygens (including phenoxy) is 1. The van der Waals surface area contributed by atoms with Crippen LogP contribution in [0.25, 0.3) is 0 Å². The van der Waals surface area contributed by atoms with Crippen LogP contribution in [-0.4, -0.2) is 43.6 Å². The second-order valence-corrected chi connectivity index (χ2v) is 7.07. The van der Waals surface area contributed by atoms with Crippen LogP contribution in [-0.2, 0) is 0 Å². The molecule has 0 aliphatic carbocycles. The summed E-state index contributed by atoms with van der Waals surface area (Å²) in [6.07, 6.45) is 2.35. The van der Waals surface area contributed by atoms with E-state index in [1.54, 1.807) is 0 Å². The molecule has 1 unspecified atom stereocenters. The van der Waals surface area contributed by atoms with E-state index in [0.717, 1.165) is 36.3 Å². The van der Waals surface area contributed by atoms with Crippen LogP contribution >= 0.6 is 15.9 Å². The molecule has 0 spiro atoms. The van der Waals surface area contributed by atoms with E-state index in [1.165, 1.54) is 6.42 Å². The molecule has 0 aromatic heterocycles. The largest absolute Gasteiger partial charge is 0.491 e. The summed E-state index contributed by atoms with van der Waals surface area (Å²) in [5.41, 5.74) is 0.690. The number of likely N-dealkylation sites (tertiary alicyclic amines) is 1. The zero-order valence-corrected chi connectivity index (χ0v) is 15.1. The second-order valence-electron chi connectivity index (χ2n) is 6.16. The van der Waals surface area contributed by atoms with Gasteiger partial charge < -0.3 is 15.0 Å². The first-order valence-corrected chi connectivity index (χ1v) is 8.70. The van der Waals surface area contributed by atoms with Gasteiger partial charge in [-0.2, -0.15) is 0 Å². The van der Waals surface area contributed by atoms with E-state index in [9.17, 15) is 4.79 Å². The van der Waals surface area contributed by atoms with Crippen LogP contribution in [0.15, 0.2) is 22.7 Å². The van der Waals surface area contributed by atoms with Gasteiger partial charge in [0.2, 0.25) is 0 Å². The molecule has 0 saturated carbocycles. The van der Waals surface area contributed by atoms with Crippen LogP contribution in [0.2, 0.25) is 0 Å². The summed E-state index contributed by atoms with van der Waals surface area (Å²) in [6, 6.07) is 5.61. The van der Waals surface area contributed by atoms with Gasteiger partial charge in [-0.05, 0) is 64.4 Å². The number of amides is 1. The van der Waals surface area contributed by atoms with Gasteiger partial charge in [-0.1, -0.05) is 15.9 Å². The van der Waals surface area contributed by atoms with Crippen molar-refractivity contribution in [3.05, 3.63) is 28.2 Å². The molecule has 4 nitrogen and oxygen atoms in total. The Bertz CT molecular complexity index is 517. The topological polar surface area (TPSA) is 41.6 Å². The van der Waals surface area contributed by atoms with E-state index in [-0.39, 0.29) is 12.0 Å². The molecule has 1 heterocycles. The van der Waals surface area contributed by atoms with Crippen molar-refractivity contribution < 1.29 is 9.53 Å². The third-order valence-corrected chi connectivity index (χ3v) is 4.25. The smallest absolute Gasteiger partial charge is 0.254 e. The monoisotopic (exact) mass is 368 g/mol. The van der Waals surface area contributed by atoms with Crippen LogP contribution in [0, 0.1) is 5.92 Å². The molecule has 22 heavy (non-hydrogen) atoms. The minimum Gasteiger partial charge on any atom is -0.491 e. The van der Waals surface area contributed by atoms with Gasteiger partial charge in [-0.3, -0.25) is 4.79 Å². The van der Waals surface area contributed by atoms with Gasteiger partial charge in [-0.25, -0.2) is 0 Å². The Labute approximate surface area is 141 Å². The number of rotatable bonds is 5. The molecule has 1 saturated heterocycles. The van der Waals surface area contributed by atoms with E-state index in [4.69, 9.17) is 4.74 Å². The highest BCUT2D eigenvalue weighted by Crippen LogP contribution is 2.25. The molecule has 2 rings (SSSR count). The lowest BCUT2D eigenvalue weighted by atomic mass is 9.97. The number of hydrogen-bond donors (Lipinski definition) is 1. The molecule has 1 aliphatic rings. The zero-order chi connectivity index (χ0) is 16.1. The lowest BCUT2D eigenvalue weighted by molar-refractivity contribution is 0.0673. The summed E-state index contributed by atoms with van der Waals surface area (Å²) in [4.78, 5) is 14.7. The fourth-order valence-electron chi connectivity index (χ4n) is 2.91. The number of hydrogen-bond acceptors (Lipinski definition) is 3. The van der Waals surface area contributed by atoms with Gasteiger partial charge >= 0.3 is 0 Å². The van der Waals surface area contributed by atoms with E-state index in [2.05, 4.69) is 21.2 Å². The van der Waals surface area contributed by atoms with Gasteiger partial charge in [0.25, 0.3) is 5.91 Å². The normalized spacial score (nSPS) is 18.6. The molecular weight excluding hydrogens is 344 g/mol. The molecule has 1 atom stereocenters. The number of nitrogens with one attached hydrogen (secondary N) is 1. The number of carbonyl (C=O) groups is 1. The lowest BCUT2D eigenvalue weighted by Crippen LogP contribution is -2.42. The molecule has 5 heteroatoms. The van der Waals surface area contributed by atoms with Crippen molar-refractivity contribution in [2.75, 3.05) is 26.7 Å². The summed E-state index contributed by atoms with van der Waals surface area (Å²) in [5.74, 6) is 1.37. The van der Waals surface area contributed by atoms with E-state index < -0.39 is 0 Å². The van der Waals surface area contributed by atoms with Crippen molar-refractivity contribution in [3.8, 4) is 5.75 Å². The maximum Gasteiger partial charge on any atom is 0.254 e. The van der Waals surface area contributed by atoms with Crippen LogP contribution in [0.3, 0.4) is 0 Å². The Kier molecular flexibility index (Phi) is 6.26. The first kappa shape index (κ1) is 17.3. The van der Waals surface area contributed by atoms with Gasteiger partial charge in [0.05, 0.1) is 6.10 Å². The number of benzene rings is 1. The second kappa shape index (κ2) is 7.97. The fourth-order valence-corrected chi connectivity index (χ4v) is 3.39. The van der Waals surface area contributed by atoms with Crippen molar-refractivity contribution in [2.45, 2.75) is 32.8 Å². The highest BCUT2D eigenvalue weighted by Gasteiger charge is 2.24. The Morgan fingerprint density at radius 2 is 2.23 bits per heavy atom. The van der Waals surface area contributed by atoms with Crippen LogP contribution in [0.1, 0.15) is 37.0 Å². The molecule has 1 N–H and O–H groups in total. The first-order chi connectivity index (χ1) is 10.5. The molecule has 1 aliphatic heterocycles. The van der Waals surface area contributed by atoms with Crippen molar-refractivity contribution in [1.82, 2.24) is 10.2 Å². The average Bonchev–Trinajstić information content (AvgIpc) is 2.46. The predicted octanol–water partition coefficient (Wildman–Crippen LogP) is 3.31. The van der Waals surface area contributed by atoms with E-state index in [1.807, 2.05) is 44.0 Å². The maximum absolute atomic E-state index is 12.8. The summed E-state index contributed by atoms with van der Waals surface area (Å²) in [5, 5.41) is 3.21. The average molecular weight is 369 g/mol. The third-order valence-electron chi connectivity index (χ3n) is 3.79. The molecular formula is C17H25BrN2O2. The summed E-state index contributed by atoms with van der Waals surface area (Å²) in [7, 11) is 1.96. The highest BCUT2D eigenvalue weighted by molar-refractivity contribution is 9.10. The van der Waals surface area contributed by atoms with Crippen LogP contribution in [0.5, 0.6) is 5.75 Å². The minimum absolute atomic E-state index is 0.0900. The zero-order valence-electron chi connectivity index (χ0n) is 13.6. The number of piperidine rings is 1. The van der Waals surface area contributed by atoms with Crippen molar-refractivity contribution >= 4 is 21.8 Å². The summed E-state index contributed by atoms with van der Waals surface area (Å²) in [6.45, 7) is 6.59. The van der Waals surface area contributed by atoms with E-state index >= 15 is 0 Å². The standard InChI is InChI=1S/C17H25BrN2O2/c1-12(2)22-16-8-14(7-15(18)9-16)17(21)20-6-4-5-13(11-20)10-19-3/h7-9,12-13,19H,4-6,10-11H2,1-3H3. The van der Waals surface area contributed by atoms with Crippen LogP contribution < -0.4 is 10.1 Å². The SMILES string of the molecule is CNCC1CCCN(C(=O)c2cc(Br)cc(OC(C)C)c2)C1.